The number of benzene rings is 1. The van der Waals surface area contributed by atoms with Crippen LogP contribution >= 0.6 is 11.6 Å². The minimum absolute atomic E-state index is 0.0347. The van der Waals surface area contributed by atoms with Crippen molar-refractivity contribution in [2.24, 2.45) is 15.4 Å². The van der Waals surface area contributed by atoms with E-state index in [0.717, 1.165) is 0 Å². The number of hydrogen-bond donors (Lipinski definition) is 1. The van der Waals surface area contributed by atoms with Gasteiger partial charge in [0.05, 0.1) is 4.90 Å². The van der Waals surface area contributed by atoms with Crippen LogP contribution in [0.25, 0.3) is 0 Å². The second-order valence-corrected chi connectivity index (χ2v) is 4.73. The molecule has 5 nitrogen and oxygen atoms in total. The number of rotatable bonds is 0. The maximum Gasteiger partial charge on any atom is 0.299 e. The summed E-state index contributed by atoms with van der Waals surface area (Å²) in [5, 5.41) is 3.70. The molecule has 0 spiro atoms. The first-order chi connectivity index (χ1) is 6.52. The van der Waals surface area contributed by atoms with E-state index in [2.05, 4.69) is 9.63 Å². The van der Waals surface area contributed by atoms with Gasteiger partial charge in [-0.25, -0.2) is 0 Å². The molecule has 0 aliphatic carbocycles. The Hall–Kier alpha value is -0.980. The Morgan fingerprint density at radius 1 is 1.43 bits per heavy atom. The van der Waals surface area contributed by atoms with Crippen LogP contribution in [-0.2, 0) is 10.0 Å². The zero-order valence-corrected chi connectivity index (χ0v) is 8.46. The second kappa shape index (κ2) is 3.01. The van der Waals surface area contributed by atoms with Crippen LogP contribution < -0.4 is 5.73 Å². The van der Waals surface area contributed by atoms with Gasteiger partial charge in [-0.1, -0.05) is 22.2 Å². The summed E-state index contributed by atoms with van der Waals surface area (Å²) in [4.78, 5) is 0.0347. The molecule has 0 radical (unpaired) electrons. The molecule has 7 heteroatoms. The first-order valence-corrected chi connectivity index (χ1v) is 5.55. The Labute approximate surface area is 85.6 Å². The van der Waals surface area contributed by atoms with Gasteiger partial charge >= 0.3 is 0 Å². The van der Waals surface area contributed by atoms with Crippen molar-refractivity contribution in [2.45, 2.75) is 11.1 Å². The van der Waals surface area contributed by atoms with E-state index in [4.69, 9.17) is 17.3 Å². The number of fused-ring (bicyclic) bond motifs is 1. The van der Waals surface area contributed by atoms with Gasteiger partial charge in [-0.3, -0.25) is 0 Å². The highest BCUT2D eigenvalue weighted by atomic mass is 35.5. The summed E-state index contributed by atoms with van der Waals surface area (Å²) in [5.41, 5.74) is 5.87. The molecule has 1 heterocycles. The fourth-order valence-electron chi connectivity index (χ4n) is 1.24. The number of halogens is 1. The molecule has 1 unspecified atom stereocenters. The van der Waals surface area contributed by atoms with Crippen LogP contribution in [0.4, 0.5) is 0 Å². The average molecular weight is 232 g/mol. The van der Waals surface area contributed by atoms with Crippen molar-refractivity contribution in [1.82, 2.24) is 0 Å². The van der Waals surface area contributed by atoms with Crippen molar-refractivity contribution in [2.75, 3.05) is 0 Å². The highest BCUT2D eigenvalue weighted by Gasteiger charge is 2.28. The third kappa shape index (κ3) is 1.31. The lowest BCUT2D eigenvalue weighted by atomic mass is 10.2. The molecule has 2 N–H and O–H groups in total. The van der Waals surface area contributed by atoms with Gasteiger partial charge in [-0.15, -0.1) is 0 Å². The first-order valence-electron chi connectivity index (χ1n) is 3.73. The van der Waals surface area contributed by atoms with E-state index in [1.54, 1.807) is 6.07 Å². The molecule has 1 aromatic rings. The van der Waals surface area contributed by atoms with E-state index in [9.17, 15) is 8.42 Å². The number of sulfonamides is 1. The van der Waals surface area contributed by atoms with E-state index in [0.29, 0.717) is 5.56 Å². The van der Waals surface area contributed by atoms with Crippen LogP contribution in [0.1, 0.15) is 11.7 Å². The largest absolute Gasteiger partial charge is 0.304 e. The number of nitrogens with two attached hydrogens (primary N) is 1. The number of nitrogens with zero attached hydrogens (tertiary/aromatic N) is 2. The minimum atomic E-state index is -3.70. The Morgan fingerprint density at radius 3 is 2.79 bits per heavy atom. The molecule has 14 heavy (non-hydrogen) atoms. The predicted octanol–water partition coefficient (Wildman–Crippen LogP) is 1.45. The topological polar surface area (TPSA) is 84.9 Å². The van der Waals surface area contributed by atoms with Crippen molar-refractivity contribution in [1.29, 1.82) is 0 Å². The van der Waals surface area contributed by atoms with Gasteiger partial charge in [0, 0.05) is 10.6 Å². The van der Waals surface area contributed by atoms with E-state index in [-0.39, 0.29) is 9.92 Å². The normalized spacial score (nSPS) is 23.1. The van der Waals surface area contributed by atoms with Gasteiger partial charge in [0.15, 0.2) is 0 Å². The fourth-order valence-corrected chi connectivity index (χ4v) is 2.66. The van der Waals surface area contributed by atoms with Crippen LogP contribution in [0, 0.1) is 0 Å². The van der Waals surface area contributed by atoms with Crippen molar-refractivity contribution in [3.63, 3.8) is 0 Å². The van der Waals surface area contributed by atoms with Crippen molar-refractivity contribution in [3.8, 4) is 0 Å². The van der Waals surface area contributed by atoms with Gasteiger partial charge in [0.1, 0.15) is 6.17 Å². The van der Waals surface area contributed by atoms with Crippen LogP contribution in [0.15, 0.2) is 32.7 Å². The monoisotopic (exact) mass is 231 g/mol. The third-order valence-corrected chi connectivity index (χ3v) is 3.42. The molecule has 0 bridgehead atoms. The van der Waals surface area contributed by atoms with E-state index in [1.165, 1.54) is 12.1 Å². The van der Waals surface area contributed by atoms with Gasteiger partial charge in [-0.2, -0.15) is 13.5 Å². The third-order valence-electron chi connectivity index (χ3n) is 1.87. The van der Waals surface area contributed by atoms with Crippen LogP contribution in [-0.4, -0.2) is 8.42 Å². The van der Waals surface area contributed by atoms with E-state index in [1.807, 2.05) is 0 Å². The standard InChI is InChI=1S/C7H6ClN3O2S/c8-4-2-1-3-5-6(4)7(9)10-11-14(5,12)13/h1-3,7H,9H2. The molecule has 1 aliphatic rings. The lowest BCUT2D eigenvalue weighted by molar-refractivity contribution is 0.577. The first kappa shape index (κ1) is 9.57. The average Bonchev–Trinajstić information content (AvgIpc) is 2.12. The molecule has 0 fully saturated rings. The quantitative estimate of drug-likeness (QED) is 0.733. The maximum absolute atomic E-state index is 11.4. The molecule has 2 rings (SSSR count). The predicted molar refractivity (Wildman–Crippen MR) is 50.4 cm³/mol. The molecule has 0 saturated heterocycles. The minimum Gasteiger partial charge on any atom is -0.304 e. The summed E-state index contributed by atoms with van der Waals surface area (Å²) >= 11 is 5.82. The summed E-state index contributed by atoms with van der Waals surface area (Å²) in [6, 6.07) is 4.51. The molecule has 1 aliphatic heterocycles. The Morgan fingerprint density at radius 2 is 2.14 bits per heavy atom. The smallest absolute Gasteiger partial charge is 0.299 e. The number of hydrogen-bond acceptors (Lipinski definition) is 4. The molecule has 74 valence electrons. The molecule has 1 atom stereocenters. The van der Waals surface area contributed by atoms with Crippen molar-refractivity contribution in [3.05, 3.63) is 28.8 Å². The molecule has 1 aromatic carbocycles. The van der Waals surface area contributed by atoms with Gasteiger partial charge in [0.25, 0.3) is 10.0 Å². The molecular formula is C7H6ClN3O2S. The molecule has 0 aromatic heterocycles. The summed E-state index contributed by atoms with van der Waals surface area (Å²) in [7, 11) is -3.70. The maximum atomic E-state index is 11.4. The van der Waals surface area contributed by atoms with Gasteiger partial charge in [0.2, 0.25) is 0 Å². The van der Waals surface area contributed by atoms with Crippen LogP contribution in [0.2, 0.25) is 5.02 Å². The fraction of sp³-hybridized carbons (Fsp3) is 0.143. The zero-order chi connectivity index (χ0) is 10.3. The van der Waals surface area contributed by atoms with E-state index >= 15 is 0 Å². The van der Waals surface area contributed by atoms with Crippen molar-refractivity contribution < 1.29 is 8.42 Å². The van der Waals surface area contributed by atoms with Crippen LogP contribution in [0.3, 0.4) is 0 Å². The summed E-state index contributed by atoms with van der Waals surface area (Å²) < 4.78 is 25.9. The SMILES string of the molecule is NC1N=NS(=O)(=O)c2cccc(Cl)c21. The highest BCUT2D eigenvalue weighted by Crippen LogP contribution is 2.34. The van der Waals surface area contributed by atoms with E-state index < -0.39 is 16.2 Å². The lowest BCUT2D eigenvalue weighted by Crippen LogP contribution is -2.16. The Bertz CT molecular complexity index is 512. The zero-order valence-electron chi connectivity index (χ0n) is 6.88. The van der Waals surface area contributed by atoms with Gasteiger partial charge < -0.3 is 5.73 Å². The summed E-state index contributed by atoms with van der Waals surface area (Å²) in [5.74, 6) is 0. The molecular weight excluding hydrogens is 226 g/mol. The summed E-state index contributed by atoms with van der Waals surface area (Å²) in [6.45, 7) is 0. The Kier molecular flexibility index (Phi) is 2.06. The molecule has 0 saturated carbocycles. The summed E-state index contributed by atoms with van der Waals surface area (Å²) in [6.07, 6.45) is -0.803. The van der Waals surface area contributed by atoms with Crippen molar-refractivity contribution >= 4 is 21.6 Å². The van der Waals surface area contributed by atoms with Crippen LogP contribution in [0.5, 0.6) is 0 Å². The Balaban J connectivity index is 2.82. The molecule has 0 amide bonds. The highest BCUT2D eigenvalue weighted by molar-refractivity contribution is 7.90. The lowest BCUT2D eigenvalue weighted by Gasteiger charge is -2.15. The second-order valence-electron chi connectivity index (χ2n) is 2.77. The van der Waals surface area contributed by atoms with Gasteiger partial charge in [-0.05, 0) is 12.1 Å².